The molecular weight excluding hydrogens is 218 g/mol. The quantitative estimate of drug-likeness (QED) is 0.769. The molecule has 1 rings (SSSR count). The van der Waals surface area contributed by atoms with Gasteiger partial charge in [-0.3, -0.25) is 4.99 Å². The molecule has 1 aromatic carbocycles. The van der Waals surface area contributed by atoms with E-state index in [-0.39, 0.29) is 11.7 Å². The monoisotopic (exact) mass is 235 g/mol. The fourth-order valence-corrected chi connectivity index (χ4v) is 1.44. The zero-order valence-corrected chi connectivity index (χ0v) is 10.00. The molecule has 0 aliphatic rings. The summed E-state index contributed by atoms with van der Waals surface area (Å²) in [5, 5.41) is 18.5. The molecule has 92 valence electrons. The van der Waals surface area contributed by atoms with Crippen LogP contribution in [0.4, 0.5) is 0 Å². The van der Waals surface area contributed by atoms with Crippen LogP contribution in [0.5, 0.6) is 5.75 Å². The number of carbonyl (C=O) groups is 1. The lowest BCUT2D eigenvalue weighted by Crippen LogP contribution is -2.20. The molecule has 0 spiro atoms. The maximum atomic E-state index is 11.0. The number of phenolic OH excluding ortho intramolecular Hbond substituents is 1. The molecule has 0 bridgehead atoms. The van der Waals surface area contributed by atoms with Gasteiger partial charge in [-0.15, -0.1) is 0 Å². The van der Waals surface area contributed by atoms with Gasteiger partial charge in [0.1, 0.15) is 11.8 Å². The van der Waals surface area contributed by atoms with E-state index in [1.54, 1.807) is 24.3 Å². The van der Waals surface area contributed by atoms with Gasteiger partial charge in [-0.1, -0.05) is 26.0 Å². The van der Waals surface area contributed by atoms with Crippen LogP contribution >= 0.6 is 0 Å². The molecule has 0 heterocycles. The normalized spacial score (nSPS) is 13.1. The summed E-state index contributed by atoms with van der Waals surface area (Å²) < 4.78 is 0. The van der Waals surface area contributed by atoms with E-state index in [9.17, 15) is 9.90 Å². The van der Waals surface area contributed by atoms with Crippen LogP contribution < -0.4 is 0 Å². The first kappa shape index (κ1) is 13.2. The second kappa shape index (κ2) is 6.03. The van der Waals surface area contributed by atoms with E-state index in [4.69, 9.17) is 5.11 Å². The second-order valence-electron chi connectivity index (χ2n) is 4.32. The lowest BCUT2D eigenvalue weighted by atomic mass is 10.0. The number of aliphatic imine (C=N–C) groups is 1. The van der Waals surface area contributed by atoms with Crippen molar-refractivity contribution in [2.24, 2.45) is 10.9 Å². The number of carboxylic acid groups (broad SMARTS) is 1. The summed E-state index contributed by atoms with van der Waals surface area (Å²) in [4.78, 5) is 15.0. The maximum Gasteiger partial charge on any atom is 0.328 e. The third-order valence-corrected chi connectivity index (χ3v) is 2.31. The third-order valence-electron chi connectivity index (χ3n) is 2.31. The van der Waals surface area contributed by atoms with Gasteiger partial charge < -0.3 is 10.2 Å². The van der Waals surface area contributed by atoms with E-state index in [2.05, 4.69) is 4.99 Å². The lowest BCUT2D eigenvalue weighted by molar-refractivity contribution is -0.138. The first-order chi connectivity index (χ1) is 8.00. The summed E-state index contributed by atoms with van der Waals surface area (Å²) in [5.41, 5.74) is 0.530. The molecule has 0 fully saturated rings. The zero-order chi connectivity index (χ0) is 12.8. The summed E-state index contributed by atoms with van der Waals surface area (Å²) in [6.07, 6.45) is 1.90. The molecule has 17 heavy (non-hydrogen) atoms. The number of rotatable bonds is 5. The predicted molar refractivity (Wildman–Crippen MR) is 66.6 cm³/mol. The van der Waals surface area contributed by atoms with Crippen LogP contribution in [0.3, 0.4) is 0 Å². The average molecular weight is 235 g/mol. The molecule has 0 unspecified atom stereocenters. The summed E-state index contributed by atoms with van der Waals surface area (Å²) >= 11 is 0. The minimum atomic E-state index is -0.939. The van der Waals surface area contributed by atoms with Crippen LogP contribution in [-0.4, -0.2) is 28.4 Å². The molecule has 0 aliphatic carbocycles. The maximum absolute atomic E-state index is 11.0. The Morgan fingerprint density at radius 2 is 2.06 bits per heavy atom. The first-order valence-corrected chi connectivity index (χ1v) is 5.54. The lowest BCUT2D eigenvalue weighted by Gasteiger charge is -2.09. The molecule has 2 N–H and O–H groups in total. The highest BCUT2D eigenvalue weighted by Gasteiger charge is 2.16. The van der Waals surface area contributed by atoms with Crippen molar-refractivity contribution >= 4 is 12.2 Å². The highest BCUT2D eigenvalue weighted by atomic mass is 16.4. The second-order valence-corrected chi connectivity index (χ2v) is 4.32. The Morgan fingerprint density at radius 1 is 1.41 bits per heavy atom. The Labute approximate surface area is 101 Å². The summed E-state index contributed by atoms with van der Waals surface area (Å²) in [7, 11) is 0. The number of phenols is 1. The first-order valence-electron chi connectivity index (χ1n) is 5.54. The Morgan fingerprint density at radius 3 is 2.59 bits per heavy atom. The van der Waals surface area contributed by atoms with Crippen molar-refractivity contribution in [1.29, 1.82) is 0 Å². The minimum absolute atomic E-state index is 0.102. The van der Waals surface area contributed by atoms with Gasteiger partial charge >= 0.3 is 5.97 Å². The molecule has 0 saturated carbocycles. The van der Waals surface area contributed by atoms with Gasteiger partial charge in [0.2, 0.25) is 0 Å². The highest BCUT2D eigenvalue weighted by Crippen LogP contribution is 2.14. The summed E-state index contributed by atoms with van der Waals surface area (Å²) in [6.45, 7) is 3.90. The number of para-hydroxylation sites is 1. The Balaban J connectivity index is 2.80. The topological polar surface area (TPSA) is 69.9 Å². The van der Waals surface area contributed by atoms with Crippen molar-refractivity contribution in [3.05, 3.63) is 29.8 Å². The SMILES string of the molecule is CC(C)C[C@H](/N=C/c1ccccc1O)C(=O)O. The number of benzene rings is 1. The van der Waals surface area contributed by atoms with Gasteiger partial charge in [-0.05, 0) is 24.5 Å². The molecule has 1 atom stereocenters. The van der Waals surface area contributed by atoms with Gasteiger partial charge in [-0.2, -0.15) is 0 Å². The number of hydrogen-bond donors (Lipinski definition) is 2. The molecule has 0 aliphatic heterocycles. The van der Waals surface area contributed by atoms with Crippen LogP contribution in [0.15, 0.2) is 29.3 Å². The molecule has 0 radical (unpaired) electrons. The fourth-order valence-electron chi connectivity index (χ4n) is 1.44. The Bertz CT molecular complexity index is 413. The average Bonchev–Trinajstić information content (AvgIpc) is 2.25. The Hall–Kier alpha value is -1.84. The molecule has 1 aromatic rings. The highest BCUT2D eigenvalue weighted by molar-refractivity contribution is 5.85. The van der Waals surface area contributed by atoms with Crippen LogP contribution in [0.2, 0.25) is 0 Å². The van der Waals surface area contributed by atoms with Crippen molar-refractivity contribution in [3.8, 4) is 5.75 Å². The van der Waals surface area contributed by atoms with E-state index < -0.39 is 12.0 Å². The van der Waals surface area contributed by atoms with Crippen molar-refractivity contribution < 1.29 is 15.0 Å². The molecular formula is C13H17NO3. The predicted octanol–water partition coefficient (Wildman–Crippen LogP) is 2.31. The molecule has 0 amide bonds. The largest absolute Gasteiger partial charge is 0.507 e. The van der Waals surface area contributed by atoms with Gasteiger partial charge in [0.15, 0.2) is 0 Å². The molecule has 0 saturated heterocycles. The smallest absolute Gasteiger partial charge is 0.328 e. The van der Waals surface area contributed by atoms with Crippen molar-refractivity contribution in [2.45, 2.75) is 26.3 Å². The van der Waals surface area contributed by atoms with Crippen LogP contribution in [0.1, 0.15) is 25.8 Å². The molecule has 0 aromatic heterocycles. The van der Waals surface area contributed by atoms with E-state index in [0.717, 1.165) is 0 Å². The molecule has 4 nitrogen and oxygen atoms in total. The van der Waals surface area contributed by atoms with Gasteiger partial charge in [0.05, 0.1) is 0 Å². The van der Waals surface area contributed by atoms with E-state index in [1.807, 2.05) is 13.8 Å². The third kappa shape index (κ3) is 4.26. The summed E-state index contributed by atoms with van der Waals surface area (Å²) in [5.74, 6) is -0.576. The van der Waals surface area contributed by atoms with Gasteiger partial charge in [0, 0.05) is 11.8 Å². The van der Waals surface area contributed by atoms with E-state index >= 15 is 0 Å². The molecule has 4 heteroatoms. The minimum Gasteiger partial charge on any atom is -0.507 e. The van der Waals surface area contributed by atoms with Gasteiger partial charge in [0.25, 0.3) is 0 Å². The number of aliphatic carboxylic acids is 1. The van der Waals surface area contributed by atoms with Crippen molar-refractivity contribution in [1.82, 2.24) is 0 Å². The van der Waals surface area contributed by atoms with Crippen LogP contribution in [0.25, 0.3) is 0 Å². The van der Waals surface area contributed by atoms with Crippen LogP contribution in [0, 0.1) is 5.92 Å². The van der Waals surface area contributed by atoms with Crippen molar-refractivity contribution in [2.75, 3.05) is 0 Å². The Kier molecular flexibility index (Phi) is 4.69. The van der Waals surface area contributed by atoms with Gasteiger partial charge in [-0.25, -0.2) is 4.79 Å². The fraction of sp³-hybridized carbons (Fsp3) is 0.385. The van der Waals surface area contributed by atoms with Crippen LogP contribution in [-0.2, 0) is 4.79 Å². The summed E-state index contributed by atoms with van der Waals surface area (Å²) in [6, 6.07) is 5.94. The number of carboxylic acids is 1. The number of hydrogen-bond acceptors (Lipinski definition) is 3. The zero-order valence-electron chi connectivity index (χ0n) is 10.00. The van der Waals surface area contributed by atoms with E-state index in [1.165, 1.54) is 6.21 Å². The standard InChI is InChI=1S/C13H17NO3/c1-9(2)7-11(13(16)17)14-8-10-5-3-4-6-12(10)15/h3-6,8-9,11,15H,7H2,1-2H3,(H,16,17)/b14-8+/t11-/m0/s1. The number of nitrogens with zero attached hydrogens (tertiary/aromatic N) is 1. The van der Waals surface area contributed by atoms with E-state index in [0.29, 0.717) is 12.0 Å². The number of aromatic hydroxyl groups is 1. The van der Waals surface area contributed by atoms with Crippen molar-refractivity contribution in [3.63, 3.8) is 0 Å².